The highest BCUT2D eigenvalue weighted by molar-refractivity contribution is 6.02. The van der Waals surface area contributed by atoms with Gasteiger partial charge in [-0.05, 0) is 34.9 Å². The molecule has 3 aromatic carbocycles. The van der Waals surface area contributed by atoms with Crippen molar-refractivity contribution in [3.63, 3.8) is 0 Å². The van der Waals surface area contributed by atoms with E-state index >= 15 is 0 Å². The molecule has 7 nitrogen and oxygen atoms in total. The van der Waals surface area contributed by atoms with E-state index in [1.807, 2.05) is 60.7 Å². The van der Waals surface area contributed by atoms with Crippen LogP contribution in [0.15, 0.2) is 66.7 Å². The predicted octanol–water partition coefficient (Wildman–Crippen LogP) is 3.57. The van der Waals surface area contributed by atoms with Crippen molar-refractivity contribution in [1.82, 2.24) is 0 Å². The van der Waals surface area contributed by atoms with E-state index in [1.54, 1.807) is 6.07 Å². The number of ether oxygens (including phenoxy) is 1. The smallest absolute Gasteiger partial charge is 0.333 e. The fourth-order valence-corrected chi connectivity index (χ4v) is 4.16. The molecule has 5 rings (SSSR count). The Morgan fingerprint density at radius 2 is 1.50 bits per heavy atom. The zero-order valence-corrected chi connectivity index (χ0v) is 17.2. The highest BCUT2D eigenvalue weighted by Gasteiger charge is 2.31. The van der Waals surface area contributed by atoms with Crippen molar-refractivity contribution in [3.05, 3.63) is 89.0 Å². The molecule has 0 saturated carbocycles. The summed E-state index contributed by atoms with van der Waals surface area (Å²) in [5.41, 5.74) is 5.24. The van der Waals surface area contributed by atoms with E-state index in [9.17, 15) is 14.4 Å². The number of hydrogen-bond donors (Lipinski definition) is 3. The maximum Gasteiger partial charge on any atom is 0.333 e. The van der Waals surface area contributed by atoms with Crippen LogP contribution in [0.5, 0.6) is 0 Å². The summed E-state index contributed by atoms with van der Waals surface area (Å²) in [6, 6.07) is 19.5. The molecule has 0 aromatic heterocycles. The summed E-state index contributed by atoms with van der Waals surface area (Å²) in [6.07, 6.45) is 0.430. The van der Waals surface area contributed by atoms with Crippen LogP contribution in [0.25, 0.3) is 0 Å². The van der Waals surface area contributed by atoms with Gasteiger partial charge in [0.25, 0.3) is 0 Å². The average Bonchev–Trinajstić information content (AvgIpc) is 3.37. The Balaban J connectivity index is 1.48. The molecule has 32 heavy (non-hydrogen) atoms. The van der Waals surface area contributed by atoms with Crippen LogP contribution in [-0.4, -0.2) is 17.8 Å². The molecular formula is C25H21N3O4. The van der Waals surface area contributed by atoms with E-state index in [0.29, 0.717) is 16.9 Å². The molecule has 2 heterocycles. The first kappa shape index (κ1) is 19.8. The van der Waals surface area contributed by atoms with Gasteiger partial charge in [-0.2, -0.15) is 0 Å². The molecule has 0 fully saturated rings. The van der Waals surface area contributed by atoms with Gasteiger partial charge in [-0.1, -0.05) is 48.5 Å². The number of nitrogens with one attached hydrogen (secondary N) is 3. The number of carbonyl (C=O) groups excluding carboxylic acids is 3. The van der Waals surface area contributed by atoms with E-state index in [1.165, 1.54) is 0 Å². The number of rotatable bonds is 6. The summed E-state index contributed by atoms with van der Waals surface area (Å²) in [6.45, 7) is 0.136. The van der Waals surface area contributed by atoms with Crippen LogP contribution < -0.4 is 16.0 Å². The van der Waals surface area contributed by atoms with Gasteiger partial charge in [-0.25, -0.2) is 4.79 Å². The Labute approximate surface area is 184 Å². The molecule has 3 aromatic rings. The third kappa shape index (κ3) is 3.80. The topological polar surface area (TPSA) is 96.5 Å². The van der Waals surface area contributed by atoms with Crippen LogP contribution in [0.4, 0.5) is 17.1 Å². The molecule has 7 heteroatoms. The minimum absolute atomic E-state index is 0.0900. The van der Waals surface area contributed by atoms with Gasteiger partial charge in [0.15, 0.2) is 6.04 Å². The van der Waals surface area contributed by atoms with Gasteiger partial charge in [0.2, 0.25) is 11.8 Å². The third-order valence-corrected chi connectivity index (χ3v) is 5.68. The fourth-order valence-electron chi connectivity index (χ4n) is 4.16. The lowest BCUT2D eigenvalue weighted by molar-refractivity contribution is -0.146. The molecular weight excluding hydrogens is 406 g/mol. The Hall–Kier alpha value is -4.13. The van der Waals surface area contributed by atoms with E-state index in [2.05, 4.69) is 16.0 Å². The Kier molecular flexibility index (Phi) is 5.07. The van der Waals surface area contributed by atoms with E-state index < -0.39 is 12.0 Å². The van der Waals surface area contributed by atoms with Crippen LogP contribution in [0, 0.1) is 0 Å². The number of fused-ring (bicyclic) bond motifs is 2. The van der Waals surface area contributed by atoms with Gasteiger partial charge >= 0.3 is 5.97 Å². The van der Waals surface area contributed by atoms with Gasteiger partial charge in [-0.3, -0.25) is 9.59 Å². The van der Waals surface area contributed by atoms with Crippen LogP contribution in [0.3, 0.4) is 0 Å². The van der Waals surface area contributed by atoms with Crippen molar-refractivity contribution < 1.29 is 19.1 Å². The first-order valence-electron chi connectivity index (χ1n) is 10.4. The molecule has 3 N–H and O–H groups in total. The van der Waals surface area contributed by atoms with Crippen molar-refractivity contribution in [2.24, 2.45) is 0 Å². The molecule has 0 radical (unpaired) electrons. The predicted molar refractivity (Wildman–Crippen MR) is 120 cm³/mol. The molecule has 160 valence electrons. The second kappa shape index (κ2) is 8.19. The van der Waals surface area contributed by atoms with Gasteiger partial charge < -0.3 is 20.7 Å². The molecule has 2 amide bonds. The number of amides is 2. The number of anilines is 3. The van der Waals surface area contributed by atoms with Crippen molar-refractivity contribution in [2.45, 2.75) is 25.5 Å². The zero-order chi connectivity index (χ0) is 22.1. The number of carbonyl (C=O) groups is 3. The van der Waals surface area contributed by atoms with Gasteiger partial charge in [0, 0.05) is 22.6 Å². The first-order valence-corrected chi connectivity index (χ1v) is 10.4. The van der Waals surface area contributed by atoms with Crippen LogP contribution in [0.2, 0.25) is 0 Å². The maximum absolute atomic E-state index is 13.3. The maximum atomic E-state index is 13.3. The second-order valence-electron chi connectivity index (χ2n) is 7.83. The molecule has 0 spiro atoms. The van der Waals surface area contributed by atoms with E-state index in [0.717, 1.165) is 22.4 Å². The molecule has 1 unspecified atom stereocenters. The molecule has 2 aliphatic rings. The second-order valence-corrected chi connectivity index (χ2v) is 7.83. The van der Waals surface area contributed by atoms with Crippen molar-refractivity contribution in [3.8, 4) is 0 Å². The van der Waals surface area contributed by atoms with Gasteiger partial charge in [0.05, 0.1) is 12.8 Å². The quantitative estimate of drug-likeness (QED) is 0.523. The van der Waals surface area contributed by atoms with E-state index in [-0.39, 0.29) is 31.3 Å². The highest BCUT2D eigenvalue weighted by atomic mass is 16.5. The lowest BCUT2D eigenvalue weighted by Crippen LogP contribution is -2.25. The minimum Gasteiger partial charge on any atom is -0.459 e. The van der Waals surface area contributed by atoms with Crippen LogP contribution in [-0.2, 0) is 38.6 Å². The standard InChI is InChI=1S/C25H21N3O4/c29-22-12-17-16(8-4-9-19(17)26-22)24(25(31)32-14-15-6-2-1-3-7-15)28-21-11-5-10-20-18(21)13-23(30)27-20/h1-11,24,28H,12-14H2,(H,26,29)(H,27,30). The van der Waals surface area contributed by atoms with Crippen LogP contribution in [0.1, 0.15) is 28.3 Å². The molecule has 0 bridgehead atoms. The summed E-state index contributed by atoms with van der Waals surface area (Å²) in [5, 5.41) is 8.94. The Morgan fingerprint density at radius 1 is 0.844 bits per heavy atom. The summed E-state index contributed by atoms with van der Waals surface area (Å²) in [4.78, 5) is 37.2. The van der Waals surface area contributed by atoms with Crippen molar-refractivity contribution in [1.29, 1.82) is 0 Å². The van der Waals surface area contributed by atoms with Crippen molar-refractivity contribution >= 4 is 34.8 Å². The van der Waals surface area contributed by atoms with Crippen LogP contribution >= 0.6 is 0 Å². The fraction of sp³-hybridized carbons (Fsp3) is 0.160. The average molecular weight is 427 g/mol. The Morgan fingerprint density at radius 3 is 2.25 bits per heavy atom. The molecule has 0 saturated heterocycles. The summed E-state index contributed by atoms with van der Waals surface area (Å²) >= 11 is 0. The van der Waals surface area contributed by atoms with Gasteiger partial charge in [-0.15, -0.1) is 0 Å². The normalized spacial score (nSPS) is 14.8. The largest absolute Gasteiger partial charge is 0.459 e. The van der Waals surface area contributed by atoms with Gasteiger partial charge in [0.1, 0.15) is 6.61 Å². The summed E-state index contributed by atoms with van der Waals surface area (Å²) < 4.78 is 5.65. The number of benzene rings is 3. The number of hydrogen-bond acceptors (Lipinski definition) is 5. The molecule has 0 aliphatic carbocycles. The lowest BCUT2D eigenvalue weighted by Gasteiger charge is -2.22. The minimum atomic E-state index is -0.844. The summed E-state index contributed by atoms with van der Waals surface area (Å²) in [5.74, 6) is -0.663. The van der Waals surface area contributed by atoms with E-state index in [4.69, 9.17) is 4.74 Å². The van der Waals surface area contributed by atoms with Crippen molar-refractivity contribution in [2.75, 3.05) is 16.0 Å². The number of esters is 1. The molecule has 1 atom stereocenters. The Bertz CT molecular complexity index is 1220. The first-order chi connectivity index (χ1) is 15.6. The SMILES string of the molecule is O=C1Cc2c(cccc2NC(C(=O)OCc2ccccc2)c2cccc3c2CC(=O)N3)N1. The third-order valence-electron chi connectivity index (χ3n) is 5.68. The highest BCUT2D eigenvalue weighted by Crippen LogP contribution is 2.36. The lowest BCUT2D eigenvalue weighted by atomic mass is 9.97. The monoisotopic (exact) mass is 427 g/mol. The summed E-state index contributed by atoms with van der Waals surface area (Å²) in [7, 11) is 0. The zero-order valence-electron chi connectivity index (χ0n) is 17.2. The molecule has 2 aliphatic heterocycles.